The minimum absolute atomic E-state index is 0.0246. The lowest BCUT2D eigenvalue weighted by Gasteiger charge is -2.16. The van der Waals surface area contributed by atoms with Crippen LogP contribution in [0.1, 0.15) is 31.7 Å². The molecule has 0 spiro atoms. The van der Waals surface area contributed by atoms with Crippen molar-refractivity contribution in [1.29, 1.82) is 0 Å². The first kappa shape index (κ1) is 15.2. The summed E-state index contributed by atoms with van der Waals surface area (Å²) in [6.45, 7) is 0.697. The molecule has 0 fully saturated rings. The summed E-state index contributed by atoms with van der Waals surface area (Å²) in [7, 11) is 1.34. The van der Waals surface area contributed by atoms with E-state index in [-0.39, 0.29) is 16.6 Å². The highest BCUT2D eigenvalue weighted by atomic mass is 35.7. The molecule has 0 saturated heterocycles. The number of hydrogen-bond donors (Lipinski definition) is 0. The Bertz CT molecular complexity index is 517. The van der Waals surface area contributed by atoms with E-state index in [0.717, 1.165) is 6.07 Å². The summed E-state index contributed by atoms with van der Waals surface area (Å²) in [5.41, 5.74) is 0.402. The summed E-state index contributed by atoms with van der Waals surface area (Å²) in [4.78, 5) is -0.124. The third kappa shape index (κ3) is 3.81. The second-order valence-electron chi connectivity index (χ2n) is 3.83. The molecule has 0 aliphatic rings. The Morgan fingerprint density at radius 3 is 2.44 bits per heavy atom. The van der Waals surface area contributed by atoms with Gasteiger partial charge in [-0.05, 0) is 36.1 Å². The molecule has 1 unspecified atom stereocenters. The van der Waals surface area contributed by atoms with Crippen molar-refractivity contribution >= 4 is 19.7 Å². The highest BCUT2D eigenvalue weighted by Crippen LogP contribution is 2.32. The highest BCUT2D eigenvalue weighted by molar-refractivity contribution is 8.13. The van der Waals surface area contributed by atoms with Gasteiger partial charge >= 0.3 is 6.61 Å². The van der Waals surface area contributed by atoms with Crippen LogP contribution in [-0.2, 0) is 9.05 Å². The first-order valence-corrected chi connectivity index (χ1v) is 7.60. The van der Waals surface area contributed by atoms with Crippen LogP contribution in [0, 0.1) is 0 Å². The molecule has 1 rings (SSSR count). The molecule has 0 aromatic heterocycles. The average molecular weight is 299 g/mol. The van der Waals surface area contributed by atoms with Gasteiger partial charge in [0.1, 0.15) is 5.75 Å². The smallest absolute Gasteiger partial charge is 0.387 e. The SMILES string of the molecule is CCC(C)c1cc(S(=O)(=O)Cl)ccc1OC(F)F. The molecule has 18 heavy (non-hydrogen) atoms. The first-order chi connectivity index (χ1) is 8.25. The molecule has 102 valence electrons. The summed E-state index contributed by atoms with van der Waals surface area (Å²) >= 11 is 0. The van der Waals surface area contributed by atoms with E-state index in [9.17, 15) is 17.2 Å². The van der Waals surface area contributed by atoms with Crippen LogP contribution in [0.4, 0.5) is 8.78 Å². The van der Waals surface area contributed by atoms with E-state index in [0.29, 0.717) is 12.0 Å². The molecule has 0 aliphatic carbocycles. The molecule has 1 aromatic carbocycles. The number of ether oxygens (including phenoxy) is 1. The second-order valence-corrected chi connectivity index (χ2v) is 6.39. The van der Waals surface area contributed by atoms with Crippen LogP contribution in [0.5, 0.6) is 5.75 Å². The molecule has 3 nitrogen and oxygen atoms in total. The van der Waals surface area contributed by atoms with Crippen molar-refractivity contribution in [2.45, 2.75) is 37.7 Å². The van der Waals surface area contributed by atoms with E-state index in [1.165, 1.54) is 12.1 Å². The van der Waals surface area contributed by atoms with Crippen molar-refractivity contribution in [2.75, 3.05) is 0 Å². The van der Waals surface area contributed by atoms with Crippen molar-refractivity contribution < 1.29 is 21.9 Å². The van der Waals surface area contributed by atoms with Gasteiger partial charge in [0, 0.05) is 10.7 Å². The Kier molecular flexibility index (Phi) is 4.92. The maximum Gasteiger partial charge on any atom is 0.387 e. The molecular formula is C11H13ClF2O3S. The third-order valence-electron chi connectivity index (χ3n) is 2.62. The van der Waals surface area contributed by atoms with E-state index < -0.39 is 15.7 Å². The average Bonchev–Trinajstić information content (AvgIpc) is 2.26. The van der Waals surface area contributed by atoms with Crippen molar-refractivity contribution in [3.63, 3.8) is 0 Å². The fourth-order valence-electron chi connectivity index (χ4n) is 1.49. The highest BCUT2D eigenvalue weighted by Gasteiger charge is 2.18. The van der Waals surface area contributed by atoms with E-state index in [1.54, 1.807) is 6.92 Å². The van der Waals surface area contributed by atoms with Crippen LogP contribution in [-0.4, -0.2) is 15.0 Å². The lowest BCUT2D eigenvalue weighted by molar-refractivity contribution is -0.0506. The van der Waals surface area contributed by atoms with Crippen LogP contribution < -0.4 is 4.74 Å². The standard InChI is InChI=1S/C11H13ClF2O3S/c1-3-7(2)9-6-8(18(12,15)16)4-5-10(9)17-11(13)14/h4-7,11H,3H2,1-2H3. The lowest BCUT2D eigenvalue weighted by Crippen LogP contribution is -2.07. The van der Waals surface area contributed by atoms with Gasteiger partial charge in [-0.15, -0.1) is 0 Å². The van der Waals surface area contributed by atoms with Gasteiger partial charge in [0.05, 0.1) is 4.90 Å². The van der Waals surface area contributed by atoms with Crippen molar-refractivity contribution in [3.05, 3.63) is 23.8 Å². The normalized spacial score (nSPS) is 13.7. The number of benzene rings is 1. The Hall–Kier alpha value is -0.880. The van der Waals surface area contributed by atoms with E-state index in [2.05, 4.69) is 4.74 Å². The van der Waals surface area contributed by atoms with E-state index in [1.807, 2.05) is 6.92 Å². The molecule has 0 bridgehead atoms. The van der Waals surface area contributed by atoms with Crippen molar-refractivity contribution in [1.82, 2.24) is 0 Å². The maximum atomic E-state index is 12.2. The first-order valence-electron chi connectivity index (χ1n) is 5.29. The van der Waals surface area contributed by atoms with Gasteiger partial charge in [0.15, 0.2) is 0 Å². The predicted molar refractivity (Wildman–Crippen MR) is 64.8 cm³/mol. The maximum absolute atomic E-state index is 12.2. The Labute approximate surface area is 109 Å². The van der Waals surface area contributed by atoms with Crippen molar-refractivity contribution in [2.24, 2.45) is 0 Å². The van der Waals surface area contributed by atoms with Crippen LogP contribution in [0.15, 0.2) is 23.1 Å². The fourth-order valence-corrected chi connectivity index (χ4v) is 2.27. The van der Waals surface area contributed by atoms with Gasteiger partial charge in [-0.1, -0.05) is 13.8 Å². The molecule has 0 heterocycles. The second kappa shape index (κ2) is 5.84. The number of hydrogen-bond acceptors (Lipinski definition) is 3. The Morgan fingerprint density at radius 1 is 1.39 bits per heavy atom. The summed E-state index contributed by atoms with van der Waals surface area (Å²) in [6.07, 6.45) is 0.658. The lowest BCUT2D eigenvalue weighted by atomic mass is 9.98. The van der Waals surface area contributed by atoms with Crippen LogP contribution in [0.25, 0.3) is 0 Å². The number of rotatable bonds is 5. The van der Waals surface area contributed by atoms with Crippen molar-refractivity contribution in [3.8, 4) is 5.75 Å². The van der Waals surface area contributed by atoms with Gasteiger partial charge in [0.2, 0.25) is 0 Å². The number of halogens is 3. The van der Waals surface area contributed by atoms with Gasteiger partial charge < -0.3 is 4.74 Å². The van der Waals surface area contributed by atoms with E-state index in [4.69, 9.17) is 10.7 Å². The van der Waals surface area contributed by atoms with Crippen LogP contribution in [0.2, 0.25) is 0 Å². The monoisotopic (exact) mass is 298 g/mol. The quantitative estimate of drug-likeness (QED) is 0.778. The largest absolute Gasteiger partial charge is 0.435 e. The summed E-state index contributed by atoms with van der Waals surface area (Å²) < 4.78 is 51.2. The minimum atomic E-state index is -3.88. The Morgan fingerprint density at radius 2 is 2.00 bits per heavy atom. The van der Waals surface area contributed by atoms with Crippen LogP contribution in [0.3, 0.4) is 0 Å². The minimum Gasteiger partial charge on any atom is -0.435 e. The zero-order chi connectivity index (χ0) is 13.9. The zero-order valence-electron chi connectivity index (χ0n) is 9.86. The zero-order valence-corrected chi connectivity index (χ0v) is 11.4. The van der Waals surface area contributed by atoms with Gasteiger partial charge in [-0.2, -0.15) is 8.78 Å². The summed E-state index contributed by atoms with van der Waals surface area (Å²) in [5, 5.41) is 0. The Balaban J connectivity index is 3.29. The molecule has 1 atom stereocenters. The topological polar surface area (TPSA) is 43.4 Å². The molecule has 0 aliphatic heterocycles. The van der Waals surface area contributed by atoms with Gasteiger partial charge in [-0.3, -0.25) is 0 Å². The van der Waals surface area contributed by atoms with Crippen LogP contribution >= 0.6 is 10.7 Å². The molecule has 0 N–H and O–H groups in total. The molecule has 7 heteroatoms. The summed E-state index contributed by atoms with van der Waals surface area (Å²) in [5.74, 6) is -0.138. The predicted octanol–water partition coefficient (Wildman–Crippen LogP) is 3.73. The molecule has 0 radical (unpaired) electrons. The van der Waals surface area contributed by atoms with Gasteiger partial charge in [0.25, 0.3) is 9.05 Å². The number of alkyl halides is 2. The molecule has 0 saturated carbocycles. The summed E-state index contributed by atoms with van der Waals surface area (Å²) in [6, 6.07) is 3.61. The fraction of sp³-hybridized carbons (Fsp3) is 0.455. The molecular weight excluding hydrogens is 286 g/mol. The van der Waals surface area contributed by atoms with Gasteiger partial charge in [-0.25, -0.2) is 8.42 Å². The molecule has 1 aromatic rings. The third-order valence-corrected chi connectivity index (χ3v) is 3.97. The van der Waals surface area contributed by atoms with E-state index >= 15 is 0 Å². The molecule has 0 amide bonds.